The van der Waals surface area contributed by atoms with Crippen molar-refractivity contribution in [1.82, 2.24) is 0 Å². The van der Waals surface area contributed by atoms with Gasteiger partial charge in [-0.15, -0.1) is 0 Å². The number of ether oxygens (including phenoxy) is 1. The van der Waals surface area contributed by atoms with Gasteiger partial charge in [0.2, 0.25) is 0 Å². The molecule has 0 radical (unpaired) electrons. The number of aryl methyl sites for hydroxylation is 2. The molecule has 2 aromatic carbocycles. The monoisotopic (exact) mass is 470 g/mol. The van der Waals surface area contributed by atoms with Crippen LogP contribution < -0.4 is 4.74 Å². The van der Waals surface area contributed by atoms with Gasteiger partial charge in [0.15, 0.2) is 0 Å². The van der Waals surface area contributed by atoms with Crippen molar-refractivity contribution in [1.29, 1.82) is 0 Å². The van der Waals surface area contributed by atoms with Gasteiger partial charge in [-0.05, 0) is 85.8 Å². The molecule has 2 aromatic rings. The molecule has 4 heteroatoms. The van der Waals surface area contributed by atoms with E-state index in [2.05, 4.69) is 71.9 Å². The highest BCUT2D eigenvalue weighted by Crippen LogP contribution is 2.42. The van der Waals surface area contributed by atoms with Crippen LogP contribution >= 0.6 is 0 Å². The van der Waals surface area contributed by atoms with Crippen molar-refractivity contribution >= 4 is 0 Å². The van der Waals surface area contributed by atoms with Gasteiger partial charge in [0.25, 0.3) is 0 Å². The van der Waals surface area contributed by atoms with Crippen molar-refractivity contribution in [3.63, 3.8) is 0 Å². The highest BCUT2D eigenvalue weighted by molar-refractivity contribution is 5.47. The Morgan fingerprint density at radius 2 is 1.41 bits per heavy atom. The number of aliphatic hydroxyl groups is 3. The molecule has 190 valence electrons. The third-order valence-corrected chi connectivity index (χ3v) is 7.93. The summed E-state index contributed by atoms with van der Waals surface area (Å²) in [7, 11) is 0. The first-order chi connectivity index (χ1) is 16.1. The van der Waals surface area contributed by atoms with Gasteiger partial charge >= 0.3 is 0 Å². The predicted molar refractivity (Wildman–Crippen MR) is 141 cm³/mol. The lowest BCUT2D eigenvalue weighted by atomic mass is 9.69. The highest BCUT2D eigenvalue weighted by atomic mass is 16.5. The summed E-state index contributed by atoms with van der Waals surface area (Å²) in [4.78, 5) is 0. The lowest BCUT2D eigenvalue weighted by Gasteiger charge is -2.35. The second kappa shape index (κ2) is 12.2. The Hall–Kier alpha value is -1.88. The van der Waals surface area contributed by atoms with Crippen LogP contribution in [0, 0.1) is 13.8 Å². The number of benzene rings is 2. The van der Waals surface area contributed by atoms with Crippen molar-refractivity contribution in [2.45, 2.75) is 104 Å². The number of hydrogen-bond acceptors (Lipinski definition) is 4. The zero-order valence-corrected chi connectivity index (χ0v) is 22.3. The minimum Gasteiger partial charge on any atom is -0.491 e. The van der Waals surface area contributed by atoms with Crippen LogP contribution in [0.5, 0.6) is 5.75 Å². The lowest BCUT2D eigenvalue weighted by molar-refractivity contribution is 0.0181. The average Bonchev–Trinajstić information content (AvgIpc) is 2.84. The van der Waals surface area contributed by atoms with Gasteiger partial charge in [-0.3, -0.25) is 0 Å². The van der Waals surface area contributed by atoms with Crippen LogP contribution in [-0.2, 0) is 5.41 Å². The first kappa shape index (κ1) is 28.4. The van der Waals surface area contributed by atoms with Crippen molar-refractivity contribution in [3.05, 3.63) is 64.2 Å². The van der Waals surface area contributed by atoms with Gasteiger partial charge in [0.1, 0.15) is 18.5 Å². The summed E-state index contributed by atoms with van der Waals surface area (Å²) >= 11 is 0. The molecule has 0 aliphatic heterocycles. The third-order valence-electron chi connectivity index (χ3n) is 7.93. The first-order valence-electron chi connectivity index (χ1n) is 13.0. The van der Waals surface area contributed by atoms with Crippen LogP contribution in [0.3, 0.4) is 0 Å². The Balaban J connectivity index is 2.38. The highest BCUT2D eigenvalue weighted by Gasteiger charge is 2.32. The maximum atomic E-state index is 10.9. The standard InChI is InChI=1S/C30H46O4/c1-8-29(33,9-2)18-23(7)27-14-12-24(16-21(27)5)30(10-3,11-4)25-13-15-28(22(6)17-25)34-20-26(32)19-31/h12-17,23,26,31-33H,8-11,18-20H2,1-7H3/t23?,26-/m0/s1. The summed E-state index contributed by atoms with van der Waals surface area (Å²) in [5.41, 5.74) is 5.49. The maximum absolute atomic E-state index is 10.9. The molecule has 2 atom stereocenters. The quantitative estimate of drug-likeness (QED) is 0.327. The molecule has 0 fully saturated rings. The smallest absolute Gasteiger partial charge is 0.122 e. The Morgan fingerprint density at radius 3 is 1.88 bits per heavy atom. The Kier molecular flexibility index (Phi) is 10.2. The second-order valence-corrected chi connectivity index (χ2v) is 10.0. The van der Waals surface area contributed by atoms with Crippen molar-refractivity contribution in [3.8, 4) is 5.75 Å². The second-order valence-electron chi connectivity index (χ2n) is 10.0. The normalized spacial score (nSPS) is 14.2. The van der Waals surface area contributed by atoms with E-state index >= 15 is 0 Å². The van der Waals surface area contributed by atoms with E-state index in [0.717, 1.165) is 43.4 Å². The van der Waals surface area contributed by atoms with Crippen LogP contribution in [0.4, 0.5) is 0 Å². The summed E-state index contributed by atoms with van der Waals surface area (Å²) < 4.78 is 5.72. The molecule has 0 spiro atoms. The predicted octanol–water partition coefficient (Wildman–Crippen LogP) is 6.19. The topological polar surface area (TPSA) is 69.9 Å². The molecule has 0 aromatic heterocycles. The molecule has 2 rings (SSSR count). The van der Waals surface area contributed by atoms with Gasteiger partial charge < -0.3 is 20.1 Å². The molecule has 34 heavy (non-hydrogen) atoms. The maximum Gasteiger partial charge on any atom is 0.122 e. The van der Waals surface area contributed by atoms with E-state index in [0.29, 0.717) is 5.92 Å². The number of aliphatic hydroxyl groups excluding tert-OH is 2. The van der Waals surface area contributed by atoms with Gasteiger partial charge in [0, 0.05) is 5.41 Å². The SMILES string of the molecule is CCC(O)(CC)CC(C)c1ccc(C(CC)(CC)c2ccc(OC[C@@H](O)CO)c(C)c2)cc1C. The van der Waals surface area contributed by atoms with Gasteiger partial charge in [-0.2, -0.15) is 0 Å². The molecular weight excluding hydrogens is 424 g/mol. The number of rotatable bonds is 13. The van der Waals surface area contributed by atoms with Gasteiger partial charge in [-0.1, -0.05) is 65.0 Å². The summed E-state index contributed by atoms with van der Waals surface area (Å²) in [5.74, 6) is 1.03. The molecule has 0 bridgehead atoms. The van der Waals surface area contributed by atoms with E-state index in [-0.39, 0.29) is 18.6 Å². The molecule has 0 saturated carbocycles. The van der Waals surface area contributed by atoms with E-state index in [1.54, 1.807) is 0 Å². The Morgan fingerprint density at radius 1 is 0.853 bits per heavy atom. The van der Waals surface area contributed by atoms with Crippen molar-refractivity contribution < 1.29 is 20.1 Å². The molecular formula is C30H46O4. The molecule has 0 heterocycles. The van der Waals surface area contributed by atoms with Crippen LogP contribution in [0.25, 0.3) is 0 Å². The summed E-state index contributed by atoms with van der Waals surface area (Å²) in [6.07, 6.45) is 3.41. The van der Waals surface area contributed by atoms with Crippen LogP contribution in [0.15, 0.2) is 36.4 Å². The van der Waals surface area contributed by atoms with Crippen LogP contribution in [0.1, 0.15) is 100 Å². The average molecular weight is 471 g/mol. The zero-order valence-electron chi connectivity index (χ0n) is 22.3. The zero-order chi connectivity index (χ0) is 25.5. The number of hydrogen-bond donors (Lipinski definition) is 3. The molecule has 1 unspecified atom stereocenters. The summed E-state index contributed by atoms with van der Waals surface area (Å²) in [5, 5.41) is 29.5. The molecule has 0 aliphatic carbocycles. The molecule has 4 nitrogen and oxygen atoms in total. The van der Waals surface area contributed by atoms with E-state index in [1.807, 2.05) is 13.0 Å². The minimum absolute atomic E-state index is 0.0768. The van der Waals surface area contributed by atoms with Gasteiger partial charge in [-0.25, -0.2) is 0 Å². The van der Waals surface area contributed by atoms with E-state index < -0.39 is 11.7 Å². The fourth-order valence-electron chi connectivity index (χ4n) is 5.33. The molecule has 0 amide bonds. The van der Waals surface area contributed by atoms with Crippen LogP contribution in [0.2, 0.25) is 0 Å². The lowest BCUT2D eigenvalue weighted by Crippen LogP contribution is -2.29. The fraction of sp³-hybridized carbons (Fsp3) is 0.600. The fourth-order valence-corrected chi connectivity index (χ4v) is 5.33. The molecule has 0 saturated heterocycles. The van der Waals surface area contributed by atoms with E-state index in [1.165, 1.54) is 22.3 Å². The third kappa shape index (κ3) is 6.21. The minimum atomic E-state index is -0.876. The summed E-state index contributed by atoms with van der Waals surface area (Å²) in [6.45, 7) is 14.8. The molecule has 3 N–H and O–H groups in total. The van der Waals surface area contributed by atoms with E-state index in [4.69, 9.17) is 9.84 Å². The molecule has 0 aliphatic rings. The van der Waals surface area contributed by atoms with Crippen LogP contribution in [-0.4, -0.2) is 40.2 Å². The Bertz CT molecular complexity index is 912. The first-order valence-corrected chi connectivity index (χ1v) is 13.0. The van der Waals surface area contributed by atoms with Crippen molar-refractivity contribution in [2.75, 3.05) is 13.2 Å². The van der Waals surface area contributed by atoms with E-state index in [9.17, 15) is 10.2 Å². The van der Waals surface area contributed by atoms with Crippen molar-refractivity contribution in [2.24, 2.45) is 0 Å². The largest absolute Gasteiger partial charge is 0.491 e. The van der Waals surface area contributed by atoms with Gasteiger partial charge in [0.05, 0.1) is 12.2 Å². The summed E-state index contributed by atoms with van der Waals surface area (Å²) in [6, 6.07) is 13.2. The Labute approximate surface area is 207 Å².